The van der Waals surface area contributed by atoms with Crippen LogP contribution >= 0.6 is 22.9 Å². The fourth-order valence-corrected chi connectivity index (χ4v) is 3.18. The van der Waals surface area contributed by atoms with Gasteiger partial charge in [-0.15, -0.1) is 0 Å². The minimum Gasteiger partial charge on any atom is -0.302 e. The van der Waals surface area contributed by atoms with Crippen molar-refractivity contribution < 1.29 is 4.79 Å². The molecule has 0 aliphatic carbocycles. The summed E-state index contributed by atoms with van der Waals surface area (Å²) >= 11 is 7.32. The molecule has 1 N–H and O–H groups in total. The molecule has 0 atom stereocenters. The van der Waals surface area contributed by atoms with Crippen LogP contribution in [0.25, 0.3) is 10.2 Å². The minimum absolute atomic E-state index is 0.0750. The third-order valence-corrected chi connectivity index (χ3v) is 4.33. The van der Waals surface area contributed by atoms with E-state index in [1.54, 1.807) is 12.1 Å². The smallest absolute Gasteiger partial charge is 0.230 e. The van der Waals surface area contributed by atoms with Crippen molar-refractivity contribution in [3.05, 3.63) is 58.6 Å². The molecule has 1 amide bonds. The largest absolute Gasteiger partial charge is 0.302 e. The molecule has 0 radical (unpaired) electrons. The molecule has 0 aliphatic rings. The van der Waals surface area contributed by atoms with Crippen molar-refractivity contribution in [3.63, 3.8) is 0 Å². The van der Waals surface area contributed by atoms with Crippen molar-refractivity contribution in [2.24, 2.45) is 0 Å². The molecule has 3 rings (SSSR count). The van der Waals surface area contributed by atoms with Gasteiger partial charge in [-0.05, 0) is 36.2 Å². The molecular weight excluding hydrogens is 304 g/mol. The monoisotopic (exact) mass is 316 g/mol. The van der Waals surface area contributed by atoms with Crippen molar-refractivity contribution in [1.29, 1.82) is 0 Å². The average molecular weight is 317 g/mol. The molecule has 21 heavy (non-hydrogen) atoms. The van der Waals surface area contributed by atoms with Crippen LogP contribution < -0.4 is 5.32 Å². The van der Waals surface area contributed by atoms with Crippen molar-refractivity contribution in [1.82, 2.24) is 4.98 Å². The van der Waals surface area contributed by atoms with Crippen LogP contribution in [0.3, 0.4) is 0 Å². The number of para-hydroxylation sites is 1. The number of nitrogens with one attached hydrogen (secondary N) is 1. The molecule has 5 heteroatoms. The van der Waals surface area contributed by atoms with E-state index in [9.17, 15) is 4.79 Å². The molecule has 2 aromatic carbocycles. The van der Waals surface area contributed by atoms with Gasteiger partial charge < -0.3 is 5.32 Å². The molecule has 0 fully saturated rings. The van der Waals surface area contributed by atoms with Crippen LogP contribution in [-0.2, 0) is 11.2 Å². The summed E-state index contributed by atoms with van der Waals surface area (Å²) in [5, 5.41) is 4.16. The Bertz CT molecular complexity index is 796. The summed E-state index contributed by atoms with van der Waals surface area (Å²) in [5.74, 6) is -0.0750. The molecule has 0 aliphatic heterocycles. The van der Waals surface area contributed by atoms with Gasteiger partial charge in [-0.1, -0.05) is 47.2 Å². The van der Waals surface area contributed by atoms with Crippen molar-refractivity contribution in [3.8, 4) is 0 Å². The zero-order valence-corrected chi connectivity index (χ0v) is 13.0. The number of aryl methyl sites for hydroxylation is 1. The number of hydrogen-bond donors (Lipinski definition) is 1. The van der Waals surface area contributed by atoms with E-state index in [-0.39, 0.29) is 5.91 Å². The summed E-state index contributed by atoms with van der Waals surface area (Å²) in [4.78, 5) is 16.5. The Morgan fingerprint density at radius 2 is 2.00 bits per heavy atom. The van der Waals surface area contributed by atoms with E-state index >= 15 is 0 Å². The highest BCUT2D eigenvalue weighted by atomic mass is 35.5. The number of halogens is 1. The van der Waals surface area contributed by atoms with Gasteiger partial charge in [0.2, 0.25) is 5.91 Å². The second-order valence-corrected chi connectivity index (χ2v) is 6.26. The molecule has 0 spiro atoms. The average Bonchev–Trinajstić information content (AvgIpc) is 2.85. The van der Waals surface area contributed by atoms with E-state index < -0.39 is 0 Å². The summed E-state index contributed by atoms with van der Waals surface area (Å²) in [5.41, 5.74) is 2.99. The van der Waals surface area contributed by atoms with E-state index in [0.29, 0.717) is 16.6 Å². The molecule has 3 nitrogen and oxygen atoms in total. The van der Waals surface area contributed by atoms with Crippen LogP contribution in [0.15, 0.2) is 42.5 Å². The highest BCUT2D eigenvalue weighted by Crippen LogP contribution is 2.27. The van der Waals surface area contributed by atoms with Crippen molar-refractivity contribution in [2.45, 2.75) is 13.3 Å². The van der Waals surface area contributed by atoms with E-state index in [0.717, 1.165) is 21.3 Å². The normalized spacial score (nSPS) is 10.8. The van der Waals surface area contributed by atoms with Gasteiger partial charge >= 0.3 is 0 Å². The number of amides is 1. The summed E-state index contributed by atoms with van der Waals surface area (Å²) in [7, 11) is 0. The Kier molecular flexibility index (Phi) is 3.90. The molecule has 0 saturated heterocycles. The Labute approximate surface area is 131 Å². The standard InChI is InChI=1S/C16H13ClN2OS/c1-10-3-2-4-13-15(10)19-16(21-13)18-14(20)9-11-5-7-12(17)8-6-11/h2-8H,9H2,1H3,(H,18,19,20). The summed E-state index contributed by atoms with van der Waals surface area (Å²) in [6, 6.07) is 13.3. The Hall–Kier alpha value is -1.91. The second-order valence-electron chi connectivity index (χ2n) is 4.79. The Morgan fingerprint density at radius 1 is 1.24 bits per heavy atom. The summed E-state index contributed by atoms with van der Waals surface area (Å²) in [6.45, 7) is 2.02. The van der Waals surface area contributed by atoms with Gasteiger partial charge in [0.15, 0.2) is 5.13 Å². The Morgan fingerprint density at radius 3 is 2.71 bits per heavy atom. The lowest BCUT2D eigenvalue weighted by Gasteiger charge is -2.02. The zero-order valence-electron chi connectivity index (χ0n) is 11.4. The van der Waals surface area contributed by atoms with Gasteiger partial charge in [0.05, 0.1) is 16.6 Å². The molecule has 0 saturated carbocycles. The number of anilines is 1. The first-order valence-corrected chi connectivity index (χ1v) is 7.72. The van der Waals surface area contributed by atoms with Crippen LogP contribution in [-0.4, -0.2) is 10.9 Å². The third kappa shape index (κ3) is 3.23. The van der Waals surface area contributed by atoms with E-state index in [1.807, 2.05) is 37.3 Å². The number of thiazole rings is 1. The van der Waals surface area contributed by atoms with E-state index in [4.69, 9.17) is 11.6 Å². The number of carbonyl (C=O) groups excluding carboxylic acids is 1. The first kappa shape index (κ1) is 14.0. The molecule has 0 unspecified atom stereocenters. The number of aromatic nitrogens is 1. The van der Waals surface area contributed by atoms with Gasteiger partial charge in [0.1, 0.15) is 0 Å². The fourth-order valence-electron chi connectivity index (χ4n) is 2.09. The molecular formula is C16H13ClN2OS. The molecule has 3 aromatic rings. The highest BCUT2D eigenvalue weighted by Gasteiger charge is 2.09. The number of hydrogen-bond acceptors (Lipinski definition) is 3. The van der Waals surface area contributed by atoms with Gasteiger partial charge in [0.25, 0.3) is 0 Å². The minimum atomic E-state index is -0.0750. The zero-order chi connectivity index (χ0) is 14.8. The predicted molar refractivity (Wildman–Crippen MR) is 88.1 cm³/mol. The number of carbonyl (C=O) groups is 1. The number of nitrogens with zero attached hydrogens (tertiary/aromatic N) is 1. The first-order chi connectivity index (χ1) is 10.1. The predicted octanol–water partition coefficient (Wildman–Crippen LogP) is 4.44. The van der Waals surface area contributed by atoms with Crippen LogP contribution in [0, 0.1) is 6.92 Å². The van der Waals surface area contributed by atoms with E-state index in [2.05, 4.69) is 10.3 Å². The molecule has 1 heterocycles. The van der Waals surface area contributed by atoms with Gasteiger partial charge in [0, 0.05) is 5.02 Å². The summed E-state index contributed by atoms with van der Waals surface area (Å²) < 4.78 is 1.08. The fraction of sp³-hybridized carbons (Fsp3) is 0.125. The molecule has 106 valence electrons. The van der Waals surface area contributed by atoms with Crippen molar-refractivity contribution in [2.75, 3.05) is 5.32 Å². The van der Waals surface area contributed by atoms with Crippen LogP contribution in [0.1, 0.15) is 11.1 Å². The van der Waals surface area contributed by atoms with Crippen molar-refractivity contribution >= 4 is 44.2 Å². The van der Waals surface area contributed by atoms with Gasteiger partial charge in [-0.3, -0.25) is 4.79 Å². The number of rotatable bonds is 3. The van der Waals surface area contributed by atoms with Crippen LogP contribution in [0.5, 0.6) is 0 Å². The third-order valence-electron chi connectivity index (χ3n) is 3.15. The Balaban J connectivity index is 1.74. The molecule has 1 aromatic heterocycles. The second kappa shape index (κ2) is 5.84. The topological polar surface area (TPSA) is 42.0 Å². The lowest BCUT2D eigenvalue weighted by atomic mass is 10.1. The maximum Gasteiger partial charge on any atom is 0.230 e. The number of fused-ring (bicyclic) bond motifs is 1. The summed E-state index contributed by atoms with van der Waals surface area (Å²) in [6.07, 6.45) is 0.312. The lowest BCUT2D eigenvalue weighted by molar-refractivity contribution is -0.115. The maximum absolute atomic E-state index is 12.1. The quantitative estimate of drug-likeness (QED) is 0.776. The van der Waals surface area contributed by atoms with Crippen LogP contribution in [0.2, 0.25) is 5.02 Å². The highest BCUT2D eigenvalue weighted by molar-refractivity contribution is 7.22. The SMILES string of the molecule is Cc1cccc2sc(NC(=O)Cc3ccc(Cl)cc3)nc12. The number of benzene rings is 2. The maximum atomic E-state index is 12.1. The van der Waals surface area contributed by atoms with Gasteiger partial charge in [-0.2, -0.15) is 0 Å². The molecule has 0 bridgehead atoms. The van der Waals surface area contributed by atoms with Gasteiger partial charge in [-0.25, -0.2) is 4.98 Å². The van der Waals surface area contributed by atoms with E-state index in [1.165, 1.54) is 11.3 Å². The first-order valence-electron chi connectivity index (χ1n) is 6.52. The lowest BCUT2D eigenvalue weighted by Crippen LogP contribution is -2.14. The van der Waals surface area contributed by atoms with Crippen LogP contribution in [0.4, 0.5) is 5.13 Å².